The number of piperidine rings is 1. The summed E-state index contributed by atoms with van der Waals surface area (Å²) in [5, 5.41) is 2.76. The molecule has 2 aromatic carbocycles. The van der Waals surface area contributed by atoms with Gasteiger partial charge in [0.1, 0.15) is 5.75 Å². The van der Waals surface area contributed by atoms with E-state index in [0.29, 0.717) is 30.0 Å². The number of hydrogen-bond acceptors (Lipinski definition) is 5. The summed E-state index contributed by atoms with van der Waals surface area (Å²) in [6.45, 7) is 3.81. The number of carbonyl (C=O) groups excluding carboxylic acids is 3. The standard InChI is InChI=1S/C25H29N3O4/c29-23(18-28-15-5-8-24(28)30)26-21-6-4-7-22(16-21)32-25(31)20-11-9-19(10-12-20)17-27-13-2-1-3-14-27/h4,6-7,9-12,16H,1-3,5,8,13-15,17-18H2,(H,26,29). The summed E-state index contributed by atoms with van der Waals surface area (Å²) in [4.78, 5) is 40.4. The first-order chi connectivity index (χ1) is 15.6. The van der Waals surface area contributed by atoms with E-state index in [0.717, 1.165) is 26.1 Å². The molecule has 2 heterocycles. The SMILES string of the molecule is O=C(CN1CCCC1=O)Nc1cccc(OC(=O)c2ccc(CN3CCCCC3)cc2)c1. The number of hydrogen-bond donors (Lipinski definition) is 1. The van der Waals surface area contributed by atoms with Crippen LogP contribution < -0.4 is 10.1 Å². The second-order valence-corrected chi connectivity index (χ2v) is 8.42. The highest BCUT2D eigenvalue weighted by Gasteiger charge is 2.22. The zero-order valence-electron chi connectivity index (χ0n) is 18.2. The largest absolute Gasteiger partial charge is 0.423 e. The predicted molar refractivity (Wildman–Crippen MR) is 121 cm³/mol. The second-order valence-electron chi connectivity index (χ2n) is 8.42. The predicted octanol–water partition coefficient (Wildman–Crippen LogP) is 3.45. The van der Waals surface area contributed by atoms with Gasteiger partial charge in [-0.2, -0.15) is 0 Å². The summed E-state index contributed by atoms with van der Waals surface area (Å²) in [7, 11) is 0. The molecule has 2 aliphatic heterocycles. The van der Waals surface area contributed by atoms with E-state index in [-0.39, 0.29) is 18.4 Å². The average molecular weight is 436 g/mol. The van der Waals surface area contributed by atoms with Crippen molar-refractivity contribution < 1.29 is 19.1 Å². The van der Waals surface area contributed by atoms with Crippen molar-refractivity contribution in [1.29, 1.82) is 0 Å². The van der Waals surface area contributed by atoms with Crippen LogP contribution in [0.25, 0.3) is 0 Å². The van der Waals surface area contributed by atoms with Crippen molar-refractivity contribution in [2.75, 3.05) is 31.5 Å². The first-order valence-electron chi connectivity index (χ1n) is 11.3. The van der Waals surface area contributed by atoms with Crippen molar-refractivity contribution in [3.8, 4) is 5.75 Å². The minimum Gasteiger partial charge on any atom is -0.423 e. The molecule has 0 saturated carbocycles. The third-order valence-electron chi connectivity index (χ3n) is 5.88. The van der Waals surface area contributed by atoms with Crippen LogP contribution >= 0.6 is 0 Å². The van der Waals surface area contributed by atoms with E-state index >= 15 is 0 Å². The van der Waals surface area contributed by atoms with Gasteiger partial charge in [-0.15, -0.1) is 0 Å². The van der Waals surface area contributed by atoms with Crippen molar-refractivity contribution in [2.45, 2.75) is 38.6 Å². The maximum absolute atomic E-state index is 12.6. The van der Waals surface area contributed by atoms with E-state index in [2.05, 4.69) is 10.2 Å². The van der Waals surface area contributed by atoms with Crippen LogP contribution in [0.5, 0.6) is 5.75 Å². The van der Waals surface area contributed by atoms with Gasteiger partial charge in [-0.1, -0.05) is 24.6 Å². The Hall–Kier alpha value is -3.19. The van der Waals surface area contributed by atoms with Gasteiger partial charge in [-0.3, -0.25) is 14.5 Å². The van der Waals surface area contributed by atoms with Crippen molar-refractivity contribution in [1.82, 2.24) is 9.80 Å². The van der Waals surface area contributed by atoms with E-state index in [1.54, 1.807) is 41.3 Å². The fourth-order valence-electron chi connectivity index (χ4n) is 4.17. The summed E-state index contributed by atoms with van der Waals surface area (Å²) in [6, 6.07) is 14.2. The van der Waals surface area contributed by atoms with Gasteiger partial charge < -0.3 is 15.0 Å². The Morgan fingerprint density at radius 1 is 0.938 bits per heavy atom. The van der Waals surface area contributed by atoms with Crippen LogP contribution in [-0.2, 0) is 16.1 Å². The molecule has 2 saturated heterocycles. The van der Waals surface area contributed by atoms with Crippen LogP contribution in [-0.4, -0.2) is 53.8 Å². The molecule has 0 aromatic heterocycles. The molecule has 0 bridgehead atoms. The normalized spacial score (nSPS) is 16.8. The minimum atomic E-state index is -0.444. The number of ether oxygens (including phenoxy) is 1. The molecule has 0 radical (unpaired) electrons. The number of carbonyl (C=O) groups is 3. The van der Waals surface area contributed by atoms with Crippen LogP contribution in [0.1, 0.15) is 48.0 Å². The summed E-state index contributed by atoms with van der Waals surface area (Å²) in [5.41, 5.74) is 2.18. The van der Waals surface area contributed by atoms with Crippen molar-refractivity contribution in [3.05, 3.63) is 59.7 Å². The number of benzene rings is 2. The third-order valence-corrected chi connectivity index (χ3v) is 5.88. The van der Waals surface area contributed by atoms with E-state index in [9.17, 15) is 14.4 Å². The molecule has 2 fully saturated rings. The number of likely N-dealkylation sites (tertiary alicyclic amines) is 2. The average Bonchev–Trinajstić information content (AvgIpc) is 3.19. The molecule has 7 heteroatoms. The molecule has 32 heavy (non-hydrogen) atoms. The Bertz CT molecular complexity index is 967. The van der Waals surface area contributed by atoms with Crippen LogP contribution in [0.3, 0.4) is 0 Å². The molecule has 0 spiro atoms. The van der Waals surface area contributed by atoms with Gasteiger partial charge in [0.05, 0.1) is 12.1 Å². The number of nitrogens with zero attached hydrogens (tertiary/aromatic N) is 2. The van der Waals surface area contributed by atoms with E-state index in [1.165, 1.54) is 24.8 Å². The highest BCUT2D eigenvalue weighted by atomic mass is 16.5. The van der Waals surface area contributed by atoms with Crippen molar-refractivity contribution >= 4 is 23.5 Å². The Morgan fingerprint density at radius 3 is 2.44 bits per heavy atom. The Kier molecular flexibility index (Phi) is 7.17. The van der Waals surface area contributed by atoms with Gasteiger partial charge in [-0.05, 0) is 62.2 Å². The number of anilines is 1. The molecule has 7 nitrogen and oxygen atoms in total. The third kappa shape index (κ3) is 5.95. The monoisotopic (exact) mass is 435 g/mol. The molecule has 168 valence electrons. The lowest BCUT2D eigenvalue weighted by Crippen LogP contribution is -2.33. The molecular weight excluding hydrogens is 406 g/mol. The van der Waals surface area contributed by atoms with Crippen LogP contribution in [0.2, 0.25) is 0 Å². The van der Waals surface area contributed by atoms with Crippen molar-refractivity contribution in [3.63, 3.8) is 0 Å². The van der Waals surface area contributed by atoms with Gasteiger partial charge in [-0.25, -0.2) is 4.79 Å². The highest BCUT2D eigenvalue weighted by Crippen LogP contribution is 2.20. The van der Waals surface area contributed by atoms with Gasteiger partial charge in [0.2, 0.25) is 11.8 Å². The van der Waals surface area contributed by atoms with Crippen LogP contribution in [0.15, 0.2) is 48.5 Å². The summed E-state index contributed by atoms with van der Waals surface area (Å²) in [5.74, 6) is -0.360. The lowest BCUT2D eigenvalue weighted by molar-refractivity contribution is -0.131. The Labute approximate surface area is 188 Å². The van der Waals surface area contributed by atoms with E-state index in [4.69, 9.17) is 4.74 Å². The smallest absolute Gasteiger partial charge is 0.343 e. The number of esters is 1. The van der Waals surface area contributed by atoms with E-state index in [1.807, 2.05) is 12.1 Å². The molecule has 2 aromatic rings. The van der Waals surface area contributed by atoms with Gasteiger partial charge in [0.15, 0.2) is 0 Å². The molecular formula is C25H29N3O4. The zero-order chi connectivity index (χ0) is 22.3. The van der Waals surface area contributed by atoms with Crippen LogP contribution in [0.4, 0.5) is 5.69 Å². The number of amides is 2. The maximum atomic E-state index is 12.6. The number of nitrogens with one attached hydrogen (secondary N) is 1. The lowest BCUT2D eigenvalue weighted by Gasteiger charge is -2.26. The fourth-order valence-corrected chi connectivity index (χ4v) is 4.17. The molecule has 2 aliphatic rings. The molecule has 0 aliphatic carbocycles. The maximum Gasteiger partial charge on any atom is 0.343 e. The quantitative estimate of drug-likeness (QED) is 0.532. The van der Waals surface area contributed by atoms with E-state index < -0.39 is 5.97 Å². The summed E-state index contributed by atoms with van der Waals surface area (Å²) in [6.07, 6.45) is 5.10. The Balaban J connectivity index is 1.31. The zero-order valence-corrected chi connectivity index (χ0v) is 18.2. The first-order valence-corrected chi connectivity index (χ1v) is 11.3. The second kappa shape index (κ2) is 10.4. The summed E-state index contributed by atoms with van der Waals surface area (Å²) < 4.78 is 5.50. The molecule has 1 N–H and O–H groups in total. The molecule has 4 rings (SSSR count). The lowest BCUT2D eigenvalue weighted by atomic mass is 10.1. The molecule has 2 amide bonds. The van der Waals surface area contributed by atoms with Crippen LogP contribution in [0, 0.1) is 0 Å². The minimum absolute atomic E-state index is 0.00442. The van der Waals surface area contributed by atoms with Gasteiger partial charge >= 0.3 is 5.97 Å². The molecule has 0 atom stereocenters. The number of rotatable bonds is 7. The fraction of sp³-hybridized carbons (Fsp3) is 0.400. The summed E-state index contributed by atoms with van der Waals surface area (Å²) >= 11 is 0. The first kappa shape index (κ1) is 22.0. The highest BCUT2D eigenvalue weighted by molar-refractivity contribution is 5.95. The van der Waals surface area contributed by atoms with Gasteiger partial charge in [0, 0.05) is 31.3 Å². The van der Waals surface area contributed by atoms with Gasteiger partial charge in [0.25, 0.3) is 0 Å². The van der Waals surface area contributed by atoms with Crippen molar-refractivity contribution in [2.24, 2.45) is 0 Å². The Morgan fingerprint density at radius 2 is 1.72 bits per heavy atom. The molecule has 0 unspecified atom stereocenters. The topological polar surface area (TPSA) is 79.0 Å².